The van der Waals surface area contributed by atoms with Crippen molar-refractivity contribution >= 4 is 5.82 Å². The number of hydrogen-bond donors (Lipinski definition) is 3. The van der Waals surface area contributed by atoms with E-state index in [0.717, 1.165) is 0 Å². The number of nitrogens with zero attached hydrogens (tertiary/aromatic N) is 1. The van der Waals surface area contributed by atoms with Crippen molar-refractivity contribution < 1.29 is 5.11 Å². The zero-order valence-electron chi connectivity index (χ0n) is 6.94. The maximum Gasteiger partial charge on any atom is 0.123 e. The van der Waals surface area contributed by atoms with Crippen LogP contribution in [0.4, 0.5) is 5.82 Å². The highest BCUT2D eigenvalue weighted by molar-refractivity contribution is 5.29. The maximum absolute atomic E-state index is 9.16. The molecule has 12 heavy (non-hydrogen) atoms. The summed E-state index contributed by atoms with van der Waals surface area (Å²) in [6.45, 7) is 1.62. The number of rotatable bonds is 2. The number of aliphatic hydroxyl groups is 1. The third-order valence-corrected chi connectivity index (χ3v) is 1.65. The van der Waals surface area contributed by atoms with Gasteiger partial charge in [0, 0.05) is 0 Å². The zero-order valence-corrected chi connectivity index (χ0v) is 6.94. The molecule has 0 amide bonds. The Kier molecular flexibility index (Phi) is 2.62. The van der Waals surface area contributed by atoms with Crippen LogP contribution in [0, 0.1) is 0 Å². The second-order valence-corrected chi connectivity index (χ2v) is 2.75. The normalized spacial score (nSPS) is 15.6. The van der Waals surface area contributed by atoms with E-state index in [0.29, 0.717) is 11.5 Å². The summed E-state index contributed by atoms with van der Waals surface area (Å²) in [4.78, 5) is 3.99. The van der Waals surface area contributed by atoms with E-state index in [1.165, 1.54) is 0 Å². The van der Waals surface area contributed by atoms with Crippen molar-refractivity contribution in [1.82, 2.24) is 4.98 Å². The van der Waals surface area contributed by atoms with Gasteiger partial charge in [-0.25, -0.2) is 4.98 Å². The van der Waals surface area contributed by atoms with E-state index in [-0.39, 0.29) is 0 Å². The molecule has 4 nitrogen and oxygen atoms in total. The van der Waals surface area contributed by atoms with Crippen molar-refractivity contribution in [1.29, 1.82) is 0 Å². The molecule has 0 radical (unpaired) electrons. The van der Waals surface area contributed by atoms with Crippen LogP contribution in [0.5, 0.6) is 0 Å². The molecule has 0 aliphatic carbocycles. The number of hydrogen-bond acceptors (Lipinski definition) is 4. The summed E-state index contributed by atoms with van der Waals surface area (Å²) < 4.78 is 0. The first-order valence-electron chi connectivity index (χ1n) is 3.77. The number of nitrogen functional groups attached to an aromatic ring is 1. The molecule has 0 bridgehead atoms. The standard InChI is InChI=1S/C8H13N3O/c1-5(12)8(10)6-3-2-4-7(9)11-6/h2-5,8,12H,10H2,1H3,(H2,9,11)/t5-,8+/m0/s1. The number of aliphatic hydroxyl groups excluding tert-OH is 1. The van der Waals surface area contributed by atoms with E-state index < -0.39 is 12.1 Å². The van der Waals surface area contributed by atoms with Crippen molar-refractivity contribution in [2.24, 2.45) is 5.73 Å². The molecule has 0 fully saturated rings. The SMILES string of the molecule is C[C@H](O)[C@@H](N)c1cccc(N)n1. The molecule has 1 aromatic rings. The predicted molar refractivity (Wildman–Crippen MR) is 47.3 cm³/mol. The number of anilines is 1. The Bertz CT molecular complexity index is 262. The second kappa shape index (κ2) is 3.51. The third kappa shape index (κ3) is 1.93. The molecule has 0 aliphatic rings. The maximum atomic E-state index is 9.16. The van der Waals surface area contributed by atoms with E-state index in [1.807, 2.05) is 0 Å². The molecule has 66 valence electrons. The molecule has 0 aliphatic heterocycles. The van der Waals surface area contributed by atoms with Gasteiger partial charge in [0.1, 0.15) is 5.82 Å². The average Bonchev–Trinajstić information content (AvgIpc) is 2.03. The Morgan fingerprint density at radius 3 is 2.67 bits per heavy atom. The molecule has 1 aromatic heterocycles. The van der Waals surface area contributed by atoms with Crippen LogP contribution in [0.25, 0.3) is 0 Å². The molecule has 1 heterocycles. The van der Waals surface area contributed by atoms with E-state index in [2.05, 4.69) is 4.98 Å². The Morgan fingerprint density at radius 1 is 1.50 bits per heavy atom. The molecule has 5 N–H and O–H groups in total. The first-order valence-corrected chi connectivity index (χ1v) is 3.77. The number of aromatic nitrogens is 1. The van der Waals surface area contributed by atoms with Crippen molar-refractivity contribution in [3.8, 4) is 0 Å². The lowest BCUT2D eigenvalue weighted by Gasteiger charge is -2.13. The van der Waals surface area contributed by atoms with Crippen LogP contribution < -0.4 is 11.5 Å². The fraction of sp³-hybridized carbons (Fsp3) is 0.375. The highest BCUT2D eigenvalue weighted by atomic mass is 16.3. The molecule has 4 heteroatoms. The van der Waals surface area contributed by atoms with Crippen molar-refractivity contribution in [3.05, 3.63) is 23.9 Å². The second-order valence-electron chi connectivity index (χ2n) is 2.75. The van der Waals surface area contributed by atoms with Crippen LogP contribution >= 0.6 is 0 Å². The highest BCUT2D eigenvalue weighted by Gasteiger charge is 2.12. The molecule has 0 saturated heterocycles. The topological polar surface area (TPSA) is 85.2 Å². The Labute approximate surface area is 71.2 Å². The van der Waals surface area contributed by atoms with Crippen molar-refractivity contribution in [3.63, 3.8) is 0 Å². The smallest absolute Gasteiger partial charge is 0.123 e. The third-order valence-electron chi connectivity index (χ3n) is 1.65. The lowest BCUT2D eigenvalue weighted by Crippen LogP contribution is -2.24. The van der Waals surface area contributed by atoms with Crippen molar-refractivity contribution in [2.75, 3.05) is 5.73 Å². The fourth-order valence-electron chi connectivity index (χ4n) is 0.902. The van der Waals surface area contributed by atoms with Crippen LogP contribution in [-0.4, -0.2) is 16.2 Å². The molecule has 0 aromatic carbocycles. The zero-order chi connectivity index (χ0) is 9.14. The summed E-state index contributed by atoms with van der Waals surface area (Å²) in [6, 6.07) is 4.72. The van der Waals surface area contributed by atoms with Gasteiger partial charge in [0.05, 0.1) is 17.8 Å². The van der Waals surface area contributed by atoms with Gasteiger partial charge in [-0.3, -0.25) is 0 Å². The quantitative estimate of drug-likeness (QED) is 0.580. The minimum Gasteiger partial charge on any atom is -0.391 e. The largest absolute Gasteiger partial charge is 0.391 e. The minimum atomic E-state index is -0.612. The summed E-state index contributed by atoms with van der Waals surface area (Å²) in [6.07, 6.45) is -0.612. The first-order chi connectivity index (χ1) is 5.61. The molecule has 0 unspecified atom stereocenters. The van der Waals surface area contributed by atoms with Gasteiger partial charge in [0.2, 0.25) is 0 Å². The van der Waals surface area contributed by atoms with Gasteiger partial charge >= 0.3 is 0 Å². The molecule has 2 atom stereocenters. The van der Waals surface area contributed by atoms with Crippen molar-refractivity contribution in [2.45, 2.75) is 19.1 Å². The van der Waals surface area contributed by atoms with Gasteiger partial charge in [-0.05, 0) is 19.1 Å². The number of pyridine rings is 1. The van der Waals surface area contributed by atoms with E-state index >= 15 is 0 Å². The monoisotopic (exact) mass is 167 g/mol. The summed E-state index contributed by atoms with van der Waals surface area (Å²) in [5.41, 5.74) is 11.7. The van der Waals surface area contributed by atoms with Gasteiger partial charge in [-0.15, -0.1) is 0 Å². The predicted octanol–water partition coefficient (Wildman–Crippen LogP) is 0.0444. The van der Waals surface area contributed by atoms with Crippen LogP contribution in [0.3, 0.4) is 0 Å². The average molecular weight is 167 g/mol. The van der Waals surface area contributed by atoms with Gasteiger partial charge in [-0.1, -0.05) is 6.07 Å². The highest BCUT2D eigenvalue weighted by Crippen LogP contribution is 2.12. The molecule has 0 spiro atoms. The summed E-state index contributed by atoms with van der Waals surface area (Å²) in [5.74, 6) is 0.420. The van der Waals surface area contributed by atoms with Gasteiger partial charge in [0.25, 0.3) is 0 Å². The molecule has 1 rings (SSSR count). The molecular formula is C8H13N3O. The van der Waals surface area contributed by atoms with Crippen LogP contribution in [0.1, 0.15) is 18.7 Å². The summed E-state index contributed by atoms with van der Waals surface area (Å²) >= 11 is 0. The van der Waals surface area contributed by atoms with E-state index in [9.17, 15) is 0 Å². The number of nitrogens with two attached hydrogens (primary N) is 2. The van der Waals surface area contributed by atoms with Crippen LogP contribution in [-0.2, 0) is 0 Å². The fourth-order valence-corrected chi connectivity index (χ4v) is 0.902. The van der Waals surface area contributed by atoms with Crippen LogP contribution in [0.2, 0.25) is 0 Å². The van der Waals surface area contributed by atoms with E-state index in [4.69, 9.17) is 16.6 Å². The Morgan fingerprint density at radius 2 is 2.17 bits per heavy atom. The van der Waals surface area contributed by atoms with Gasteiger partial charge < -0.3 is 16.6 Å². The molecular weight excluding hydrogens is 154 g/mol. The summed E-state index contributed by atoms with van der Waals surface area (Å²) in [5, 5.41) is 9.16. The van der Waals surface area contributed by atoms with Gasteiger partial charge in [-0.2, -0.15) is 0 Å². The first kappa shape index (κ1) is 8.96. The van der Waals surface area contributed by atoms with Crippen LogP contribution in [0.15, 0.2) is 18.2 Å². The Balaban J connectivity index is 2.88. The summed E-state index contributed by atoms with van der Waals surface area (Å²) in [7, 11) is 0. The van der Waals surface area contributed by atoms with E-state index in [1.54, 1.807) is 25.1 Å². The molecule has 0 saturated carbocycles. The Hall–Kier alpha value is -1.13. The lowest BCUT2D eigenvalue weighted by molar-refractivity contribution is 0.162. The minimum absolute atomic E-state index is 0.420. The van der Waals surface area contributed by atoms with Gasteiger partial charge in [0.15, 0.2) is 0 Å². The lowest BCUT2D eigenvalue weighted by atomic mass is 10.1.